The molecule has 1 aliphatic rings. The molecular formula is C26H24N4O4S. The number of methoxy groups -OCH3 is 2. The van der Waals surface area contributed by atoms with Crippen LogP contribution in [0.15, 0.2) is 81.6 Å². The lowest BCUT2D eigenvalue weighted by Crippen LogP contribution is -2.45. The van der Waals surface area contributed by atoms with Gasteiger partial charge in [-0.15, -0.1) is 0 Å². The topological polar surface area (TPSA) is 85.8 Å². The van der Waals surface area contributed by atoms with Gasteiger partial charge in [-0.1, -0.05) is 17.3 Å². The lowest BCUT2D eigenvalue weighted by atomic mass is 9.94. The average Bonchev–Trinajstić information content (AvgIpc) is 3.59. The zero-order valence-electron chi connectivity index (χ0n) is 19.5. The normalized spacial score (nSPS) is 15.8. The van der Waals surface area contributed by atoms with Gasteiger partial charge in [0.25, 0.3) is 5.89 Å². The molecule has 178 valence electrons. The average molecular weight is 489 g/mol. The zero-order valence-corrected chi connectivity index (χ0v) is 20.3. The summed E-state index contributed by atoms with van der Waals surface area (Å²) in [7, 11) is 3.27. The van der Waals surface area contributed by atoms with Gasteiger partial charge in [0.05, 0.1) is 38.6 Å². The zero-order chi connectivity index (χ0) is 24.4. The largest absolute Gasteiger partial charge is 0.497 e. The Morgan fingerprint density at radius 3 is 2.31 bits per heavy atom. The monoisotopic (exact) mass is 488 g/mol. The lowest BCUT2D eigenvalue weighted by molar-refractivity contribution is 0.382. The first-order chi connectivity index (χ1) is 17.1. The summed E-state index contributed by atoms with van der Waals surface area (Å²) in [5, 5.41) is 8.28. The number of thiocarbonyl (C=S) groups is 1. The van der Waals surface area contributed by atoms with E-state index in [0.29, 0.717) is 23.4 Å². The highest BCUT2D eigenvalue weighted by atomic mass is 32.1. The van der Waals surface area contributed by atoms with Gasteiger partial charge < -0.3 is 28.6 Å². The quantitative estimate of drug-likeness (QED) is 0.352. The minimum absolute atomic E-state index is 0.287. The molecule has 2 aromatic heterocycles. The molecule has 9 heteroatoms. The van der Waals surface area contributed by atoms with E-state index in [4.69, 9.17) is 35.6 Å². The second-order valence-corrected chi connectivity index (χ2v) is 8.36. The first-order valence-electron chi connectivity index (χ1n) is 11.0. The summed E-state index contributed by atoms with van der Waals surface area (Å²) in [4.78, 5) is 6.71. The molecule has 1 N–H and O–H groups in total. The Balaban J connectivity index is 1.57. The number of aromatic nitrogens is 2. The van der Waals surface area contributed by atoms with Gasteiger partial charge in [0.2, 0.25) is 5.82 Å². The van der Waals surface area contributed by atoms with Crippen molar-refractivity contribution in [1.29, 1.82) is 0 Å². The second-order valence-electron chi connectivity index (χ2n) is 7.97. The summed E-state index contributed by atoms with van der Waals surface area (Å²) in [5.41, 5.74) is 3.55. The van der Waals surface area contributed by atoms with E-state index >= 15 is 0 Å². The second kappa shape index (κ2) is 9.63. The number of nitrogens with one attached hydrogen (secondary N) is 1. The summed E-state index contributed by atoms with van der Waals surface area (Å²) in [6.45, 7) is 2.47. The number of allylic oxidation sites excluding steroid dienone is 1. The molecule has 0 amide bonds. The summed E-state index contributed by atoms with van der Waals surface area (Å²) in [6.07, 6.45) is 1.65. The van der Waals surface area contributed by atoms with E-state index in [-0.39, 0.29) is 6.04 Å². The number of furan rings is 1. The van der Waals surface area contributed by atoms with E-state index in [2.05, 4.69) is 10.5 Å². The fourth-order valence-corrected chi connectivity index (χ4v) is 4.36. The molecule has 0 saturated heterocycles. The van der Waals surface area contributed by atoms with Gasteiger partial charge in [-0.2, -0.15) is 4.98 Å². The van der Waals surface area contributed by atoms with E-state index in [1.807, 2.05) is 72.5 Å². The maximum absolute atomic E-state index is 5.79. The van der Waals surface area contributed by atoms with Crippen molar-refractivity contribution in [3.8, 4) is 22.9 Å². The van der Waals surface area contributed by atoms with E-state index in [1.165, 1.54) is 0 Å². The first kappa shape index (κ1) is 22.7. The Morgan fingerprint density at radius 1 is 1.00 bits per heavy atom. The molecule has 2 aromatic carbocycles. The van der Waals surface area contributed by atoms with Crippen molar-refractivity contribution in [3.05, 3.63) is 89.8 Å². The molecule has 0 spiro atoms. The molecule has 0 aliphatic carbocycles. The van der Waals surface area contributed by atoms with E-state index in [1.54, 1.807) is 20.5 Å². The van der Waals surface area contributed by atoms with Crippen LogP contribution in [-0.4, -0.2) is 34.4 Å². The van der Waals surface area contributed by atoms with Gasteiger partial charge in [-0.05, 0) is 73.2 Å². The fraction of sp³-hybridized carbons (Fsp3) is 0.192. The van der Waals surface area contributed by atoms with Gasteiger partial charge in [-0.3, -0.25) is 0 Å². The summed E-state index contributed by atoms with van der Waals surface area (Å²) in [5.74, 6) is 3.22. The van der Waals surface area contributed by atoms with Crippen molar-refractivity contribution in [1.82, 2.24) is 20.4 Å². The van der Waals surface area contributed by atoms with Crippen LogP contribution in [0.3, 0.4) is 0 Å². The van der Waals surface area contributed by atoms with Crippen LogP contribution in [0.1, 0.15) is 30.2 Å². The third kappa shape index (κ3) is 4.50. The summed E-state index contributed by atoms with van der Waals surface area (Å²) >= 11 is 5.75. The minimum atomic E-state index is -0.287. The molecule has 1 unspecified atom stereocenters. The van der Waals surface area contributed by atoms with Crippen LogP contribution < -0.4 is 14.8 Å². The van der Waals surface area contributed by atoms with Crippen LogP contribution in [-0.2, 0) is 6.54 Å². The van der Waals surface area contributed by atoms with Gasteiger partial charge >= 0.3 is 0 Å². The number of ether oxygens (including phenoxy) is 2. The molecule has 1 aliphatic heterocycles. The smallest absolute Gasteiger partial charge is 0.258 e. The van der Waals surface area contributed by atoms with Crippen LogP contribution in [0.5, 0.6) is 11.5 Å². The van der Waals surface area contributed by atoms with Crippen molar-refractivity contribution < 1.29 is 18.4 Å². The Bertz CT molecular complexity index is 1350. The maximum Gasteiger partial charge on any atom is 0.258 e. The van der Waals surface area contributed by atoms with Gasteiger partial charge in [0.1, 0.15) is 17.3 Å². The number of hydrogen-bond acceptors (Lipinski definition) is 7. The Kier molecular flexibility index (Phi) is 6.24. The number of nitrogens with zero attached hydrogens (tertiary/aromatic N) is 3. The minimum Gasteiger partial charge on any atom is -0.497 e. The first-order valence-corrected chi connectivity index (χ1v) is 11.4. The van der Waals surface area contributed by atoms with Crippen LogP contribution in [0.2, 0.25) is 0 Å². The molecule has 0 bridgehead atoms. The SMILES string of the molecule is COc1ccc(-c2noc(C3=C(C)N(Cc4ccco4)C(=S)NC3c3ccc(OC)cc3)n2)cc1. The lowest BCUT2D eigenvalue weighted by Gasteiger charge is -2.37. The Hall–Kier alpha value is -4.11. The van der Waals surface area contributed by atoms with Crippen LogP contribution in [0, 0.1) is 0 Å². The van der Waals surface area contributed by atoms with Crippen LogP contribution in [0.25, 0.3) is 17.0 Å². The van der Waals surface area contributed by atoms with Gasteiger partial charge in [0, 0.05) is 11.3 Å². The van der Waals surface area contributed by atoms with Gasteiger partial charge in [-0.25, -0.2) is 0 Å². The molecular weight excluding hydrogens is 464 g/mol. The summed E-state index contributed by atoms with van der Waals surface area (Å²) in [6, 6.07) is 18.8. The number of rotatable bonds is 7. The predicted molar refractivity (Wildman–Crippen MR) is 135 cm³/mol. The number of hydrogen-bond donors (Lipinski definition) is 1. The standard InChI is InChI=1S/C26H24N4O4S/c1-16-22(25-28-24(29-34-25)18-8-12-20(32-3)13-9-18)23(17-6-10-19(31-2)11-7-17)27-26(35)30(16)15-21-5-4-14-33-21/h4-14,23H,15H2,1-3H3,(H,27,35). The Labute approximate surface area is 208 Å². The predicted octanol–water partition coefficient (Wildman–Crippen LogP) is 5.21. The van der Waals surface area contributed by atoms with Crippen molar-refractivity contribution in [3.63, 3.8) is 0 Å². The van der Waals surface area contributed by atoms with Crippen molar-refractivity contribution in [2.75, 3.05) is 14.2 Å². The molecule has 1 atom stereocenters. The summed E-state index contributed by atoms with van der Waals surface area (Å²) < 4.78 is 21.9. The molecule has 35 heavy (non-hydrogen) atoms. The molecule has 5 rings (SSSR count). The Morgan fingerprint density at radius 2 is 1.69 bits per heavy atom. The van der Waals surface area contributed by atoms with Gasteiger partial charge in [0.15, 0.2) is 5.11 Å². The third-order valence-electron chi connectivity index (χ3n) is 5.94. The van der Waals surface area contributed by atoms with Crippen LogP contribution in [0.4, 0.5) is 0 Å². The van der Waals surface area contributed by atoms with E-state index in [0.717, 1.165) is 39.7 Å². The van der Waals surface area contributed by atoms with E-state index in [9.17, 15) is 0 Å². The highest BCUT2D eigenvalue weighted by molar-refractivity contribution is 7.80. The third-order valence-corrected chi connectivity index (χ3v) is 6.28. The number of benzene rings is 2. The molecule has 0 saturated carbocycles. The van der Waals surface area contributed by atoms with Crippen molar-refractivity contribution in [2.24, 2.45) is 0 Å². The maximum atomic E-state index is 5.79. The van der Waals surface area contributed by atoms with Crippen molar-refractivity contribution >= 4 is 22.9 Å². The fourth-order valence-electron chi connectivity index (χ4n) is 4.04. The van der Waals surface area contributed by atoms with Crippen molar-refractivity contribution in [2.45, 2.75) is 19.5 Å². The van der Waals surface area contributed by atoms with E-state index < -0.39 is 0 Å². The highest BCUT2D eigenvalue weighted by Crippen LogP contribution is 2.38. The van der Waals surface area contributed by atoms with Crippen LogP contribution >= 0.6 is 12.2 Å². The molecule has 3 heterocycles. The highest BCUT2D eigenvalue weighted by Gasteiger charge is 2.34. The molecule has 0 fully saturated rings. The molecule has 0 radical (unpaired) electrons. The molecule has 8 nitrogen and oxygen atoms in total. The molecule has 4 aromatic rings.